The van der Waals surface area contributed by atoms with E-state index in [9.17, 15) is 4.79 Å². The average molecular weight is 315 g/mol. The number of unbranched alkanes of at least 4 members (excludes halogenated alkanes) is 2. The number of carbonyl (C=O) groups excluding carboxylic acids is 1. The van der Waals surface area contributed by atoms with E-state index in [2.05, 4.69) is 27.7 Å². The zero-order valence-corrected chi connectivity index (χ0v) is 15.5. The first-order valence-corrected chi connectivity index (χ1v) is 9.29. The maximum absolute atomic E-state index is 11.4. The smallest absolute Gasteiger partial charge is 0.222 e. The number of ether oxygens (including phenoxy) is 2. The summed E-state index contributed by atoms with van der Waals surface area (Å²) in [7, 11) is 0. The van der Waals surface area contributed by atoms with Gasteiger partial charge in [0.05, 0.1) is 13.2 Å². The molecule has 0 amide bonds. The lowest BCUT2D eigenvalue weighted by atomic mass is 10.00. The number of hydrogen-bond donors (Lipinski definition) is 0. The molecule has 0 bridgehead atoms. The minimum Gasteiger partial charge on any atom is -0.344 e. The van der Waals surface area contributed by atoms with Crippen molar-refractivity contribution in [2.75, 3.05) is 13.2 Å². The Labute approximate surface area is 138 Å². The molecule has 132 valence electrons. The summed E-state index contributed by atoms with van der Waals surface area (Å²) >= 11 is 0. The second-order valence-electron chi connectivity index (χ2n) is 6.59. The van der Waals surface area contributed by atoms with Gasteiger partial charge >= 0.3 is 0 Å². The van der Waals surface area contributed by atoms with Crippen molar-refractivity contribution >= 4 is 6.29 Å². The van der Waals surface area contributed by atoms with Crippen LogP contribution in [0.25, 0.3) is 0 Å². The lowest BCUT2D eigenvalue weighted by molar-refractivity contribution is -0.219. The molecule has 0 aromatic carbocycles. The fraction of sp³-hybridized carbons (Fsp3) is 0.947. The summed E-state index contributed by atoms with van der Waals surface area (Å²) in [4.78, 5) is 11.4. The number of hydrogen-bond acceptors (Lipinski definition) is 3. The Morgan fingerprint density at radius 3 is 1.55 bits per heavy atom. The van der Waals surface area contributed by atoms with E-state index in [1.54, 1.807) is 6.92 Å². The minimum atomic E-state index is -1.08. The van der Waals surface area contributed by atoms with Gasteiger partial charge in [-0.3, -0.25) is 4.79 Å². The van der Waals surface area contributed by atoms with Crippen LogP contribution in [0.15, 0.2) is 0 Å². The van der Waals surface area contributed by atoms with Crippen LogP contribution in [0.4, 0.5) is 0 Å². The Morgan fingerprint density at radius 2 is 1.27 bits per heavy atom. The van der Waals surface area contributed by atoms with E-state index in [0.717, 1.165) is 32.0 Å². The Balaban J connectivity index is 4.28. The van der Waals surface area contributed by atoms with Crippen LogP contribution < -0.4 is 0 Å². The van der Waals surface area contributed by atoms with E-state index >= 15 is 0 Å². The topological polar surface area (TPSA) is 35.5 Å². The standard InChI is InChI=1S/C19H38O3/c1-6-10-12-17(8-3)14-21-19(5,16-20)22-15-18(9-4)13-11-7-2/h16-18H,6-15H2,1-5H3. The monoisotopic (exact) mass is 314 g/mol. The highest BCUT2D eigenvalue weighted by Gasteiger charge is 2.27. The number of rotatable bonds is 15. The fourth-order valence-corrected chi connectivity index (χ4v) is 2.47. The molecular formula is C19H38O3. The Bertz CT molecular complexity index is 245. The van der Waals surface area contributed by atoms with Crippen LogP contribution in [-0.2, 0) is 14.3 Å². The molecule has 0 aromatic heterocycles. The molecule has 0 aliphatic heterocycles. The van der Waals surface area contributed by atoms with E-state index in [4.69, 9.17) is 9.47 Å². The molecule has 0 aromatic rings. The molecule has 0 fully saturated rings. The van der Waals surface area contributed by atoms with Crippen LogP contribution in [0.3, 0.4) is 0 Å². The zero-order chi connectivity index (χ0) is 16.8. The van der Waals surface area contributed by atoms with Gasteiger partial charge in [0, 0.05) is 0 Å². The van der Waals surface area contributed by atoms with Gasteiger partial charge in [0.2, 0.25) is 5.79 Å². The van der Waals surface area contributed by atoms with Crippen LogP contribution in [0, 0.1) is 11.8 Å². The zero-order valence-electron chi connectivity index (χ0n) is 15.5. The Morgan fingerprint density at radius 1 is 0.864 bits per heavy atom. The van der Waals surface area contributed by atoms with Crippen LogP contribution in [0.5, 0.6) is 0 Å². The van der Waals surface area contributed by atoms with Gasteiger partial charge in [0.15, 0.2) is 6.29 Å². The molecule has 0 saturated carbocycles. The predicted molar refractivity (Wildman–Crippen MR) is 93.0 cm³/mol. The lowest BCUT2D eigenvalue weighted by Gasteiger charge is -2.28. The van der Waals surface area contributed by atoms with Crippen molar-refractivity contribution in [3.05, 3.63) is 0 Å². The average Bonchev–Trinajstić information content (AvgIpc) is 2.55. The molecular weight excluding hydrogens is 276 g/mol. The molecule has 3 nitrogen and oxygen atoms in total. The molecule has 0 N–H and O–H groups in total. The highest BCUT2D eigenvalue weighted by molar-refractivity contribution is 5.59. The van der Waals surface area contributed by atoms with Gasteiger partial charge in [0.1, 0.15) is 0 Å². The van der Waals surface area contributed by atoms with E-state index in [-0.39, 0.29) is 0 Å². The second kappa shape index (κ2) is 13.1. The summed E-state index contributed by atoms with van der Waals surface area (Å²) in [5.41, 5.74) is 0. The molecule has 22 heavy (non-hydrogen) atoms. The predicted octanol–water partition coefficient (Wildman–Crippen LogP) is 5.37. The molecule has 0 aliphatic carbocycles. The van der Waals surface area contributed by atoms with Crippen molar-refractivity contribution in [2.45, 2.75) is 91.8 Å². The van der Waals surface area contributed by atoms with Gasteiger partial charge in [-0.05, 0) is 31.6 Å². The van der Waals surface area contributed by atoms with Gasteiger partial charge in [0.25, 0.3) is 0 Å². The summed E-state index contributed by atoms with van der Waals surface area (Å²) in [5, 5.41) is 0. The highest BCUT2D eigenvalue weighted by atomic mass is 16.7. The third-order valence-corrected chi connectivity index (χ3v) is 4.51. The first-order chi connectivity index (χ1) is 10.5. The summed E-state index contributed by atoms with van der Waals surface area (Å²) < 4.78 is 11.7. The SMILES string of the molecule is CCCCC(CC)COC(C)(C=O)OCC(CC)CCCC. The second-order valence-corrected chi connectivity index (χ2v) is 6.59. The molecule has 0 spiro atoms. The largest absolute Gasteiger partial charge is 0.344 e. The highest BCUT2D eigenvalue weighted by Crippen LogP contribution is 2.20. The Hall–Kier alpha value is -0.410. The van der Waals surface area contributed by atoms with Crippen LogP contribution in [-0.4, -0.2) is 25.3 Å². The molecule has 0 rings (SSSR count). The van der Waals surface area contributed by atoms with Crippen LogP contribution >= 0.6 is 0 Å². The first-order valence-electron chi connectivity index (χ1n) is 9.29. The molecule has 0 aliphatic rings. The van der Waals surface area contributed by atoms with Gasteiger partial charge in [-0.15, -0.1) is 0 Å². The minimum absolute atomic E-state index is 0.518. The van der Waals surface area contributed by atoms with Crippen molar-refractivity contribution in [1.82, 2.24) is 0 Å². The van der Waals surface area contributed by atoms with E-state index in [1.165, 1.54) is 25.7 Å². The maximum atomic E-state index is 11.4. The van der Waals surface area contributed by atoms with Crippen molar-refractivity contribution in [3.8, 4) is 0 Å². The van der Waals surface area contributed by atoms with Crippen molar-refractivity contribution in [3.63, 3.8) is 0 Å². The summed E-state index contributed by atoms with van der Waals surface area (Å²) in [6.45, 7) is 11.7. The fourth-order valence-electron chi connectivity index (χ4n) is 2.47. The molecule has 0 saturated heterocycles. The van der Waals surface area contributed by atoms with Crippen LogP contribution in [0.1, 0.15) is 86.0 Å². The number of aldehydes is 1. The van der Waals surface area contributed by atoms with Crippen LogP contribution in [0.2, 0.25) is 0 Å². The summed E-state index contributed by atoms with van der Waals surface area (Å²) in [6.07, 6.45) is 10.1. The van der Waals surface area contributed by atoms with E-state index < -0.39 is 5.79 Å². The van der Waals surface area contributed by atoms with Gasteiger partial charge in [-0.2, -0.15) is 0 Å². The first kappa shape index (κ1) is 21.6. The molecule has 3 heteroatoms. The van der Waals surface area contributed by atoms with Crippen molar-refractivity contribution < 1.29 is 14.3 Å². The van der Waals surface area contributed by atoms with Gasteiger partial charge < -0.3 is 9.47 Å². The van der Waals surface area contributed by atoms with Gasteiger partial charge in [-0.1, -0.05) is 66.2 Å². The normalized spacial score (nSPS) is 17.0. The number of carbonyl (C=O) groups is 1. The third kappa shape index (κ3) is 9.58. The molecule has 2 unspecified atom stereocenters. The van der Waals surface area contributed by atoms with E-state index in [0.29, 0.717) is 25.0 Å². The molecule has 2 atom stereocenters. The quantitative estimate of drug-likeness (QED) is 0.301. The van der Waals surface area contributed by atoms with Crippen molar-refractivity contribution in [1.29, 1.82) is 0 Å². The molecule has 0 radical (unpaired) electrons. The van der Waals surface area contributed by atoms with Gasteiger partial charge in [-0.25, -0.2) is 0 Å². The Kier molecular flexibility index (Phi) is 12.8. The van der Waals surface area contributed by atoms with Crippen molar-refractivity contribution in [2.24, 2.45) is 11.8 Å². The summed E-state index contributed by atoms with van der Waals surface area (Å²) in [5.74, 6) is -0.0472. The van der Waals surface area contributed by atoms with E-state index in [1.807, 2.05) is 0 Å². The molecule has 0 heterocycles. The third-order valence-electron chi connectivity index (χ3n) is 4.51. The maximum Gasteiger partial charge on any atom is 0.222 e. The lowest BCUT2D eigenvalue weighted by Crippen LogP contribution is -2.37. The summed E-state index contributed by atoms with van der Waals surface area (Å²) in [6, 6.07) is 0.